The Balaban J connectivity index is 3.23. The number of amides is 1. The van der Waals surface area contributed by atoms with Crippen molar-refractivity contribution in [1.82, 2.24) is 10.9 Å². The van der Waals surface area contributed by atoms with Gasteiger partial charge in [0.25, 0.3) is 0 Å². The van der Waals surface area contributed by atoms with Crippen LogP contribution in [0.25, 0.3) is 0 Å². The second kappa shape index (κ2) is 4.88. The van der Waals surface area contributed by atoms with Crippen LogP contribution < -0.4 is 10.9 Å². The zero-order chi connectivity index (χ0) is 13.2. The molecule has 0 aliphatic rings. The van der Waals surface area contributed by atoms with Crippen molar-refractivity contribution in [1.29, 1.82) is 0 Å². The summed E-state index contributed by atoms with van der Waals surface area (Å²) in [6.45, 7) is 10.1. The van der Waals surface area contributed by atoms with Gasteiger partial charge >= 0.3 is 0 Å². The molecule has 1 aromatic rings. The smallest absolute Gasteiger partial charge is 0.244 e. The number of aryl methyl sites for hydroxylation is 3. The molecule has 0 spiro atoms. The number of hydrogen-bond acceptors (Lipinski definition) is 2. The predicted molar refractivity (Wildman–Crippen MR) is 70.9 cm³/mol. The highest BCUT2D eigenvalue weighted by molar-refractivity contribution is 5.87. The van der Waals surface area contributed by atoms with Gasteiger partial charge < -0.3 is 0 Å². The van der Waals surface area contributed by atoms with Crippen molar-refractivity contribution in [3.63, 3.8) is 0 Å². The number of carbonyl (C=O) groups is 1. The molecule has 0 fully saturated rings. The van der Waals surface area contributed by atoms with E-state index in [2.05, 4.69) is 43.8 Å². The molecule has 0 aromatic heterocycles. The van der Waals surface area contributed by atoms with Gasteiger partial charge in [0, 0.05) is 7.05 Å². The van der Waals surface area contributed by atoms with E-state index in [4.69, 9.17) is 0 Å². The molecular weight excluding hydrogens is 212 g/mol. The minimum Gasteiger partial charge on any atom is -0.291 e. The molecule has 3 heteroatoms. The van der Waals surface area contributed by atoms with Gasteiger partial charge in [0.1, 0.15) is 0 Å². The summed E-state index contributed by atoms with van der Waals surface area (Å²) < 4.78 is 0. The molecule has 2 N–H and O–H groups in total. The SMILES string of the molecule is CNNC(=O)C(C)(C)c1cc(C)c(C)cc1C. The summed E-state index contributed by atoms with van der Waals surface area (Å²) >= 11 is 0. The molecule has 3 nitrogen and oxygen atoms in total. The van der Waals surface area contributed by atoms with E-state index in [9.17, 15) is 4.79 Å². The van der Waals surface area contributed by atoms with Gasteiger partial charge in [-0.25, -0.2) is 5.43 Å². The van der Waals surface area contributed by atoms with Gasteiger partial charge in [-0.05, 0) is 56.9 Å². The van der Waals surface area contributed by atoms with Crippen molar-refractivity contribution in [3.8, 4) is 0 Å². The maximum atomic E-state index is 12.0. The number of carbonyl (C=O) groups excluding carboxylic acids is 1. The van der Waals surface area contributed by atoms with Crippen LogP contribution >= 0.6 is 0 Å². The molecule has 0 saturated heterocycles. The van der Waals surface area contributed by atoms with E-state index in [0.717, 1.165) is 11.1 Å². The Morgan fingerprint density at radius 3 is 2.12 bits per heavy atom. The Hall–Kier alpha value is -1.35. The molecule has 0 atom stereocenters. The fourth-order valence-electron chi connectivity index (χ4n) is 2.03. The molecular formula is C14H22N2O. The van der Waals surface area contributed by atoms with Gasteiger partial charge in [0.2, 0.25) is 5.91 Å². The third-order valence-corrected chi connectivity index (χ3v) is 3.32. The van der Waals surface area contributed by atoms with Crippen molar-refractivity contribution in [2.45, 2.75) is 40.0 Å². The number of benzene rings is 1. The van der Waals surface area contributed by atoms with Crippen LogP contribution in [0.3, 0.4) is 0 Å². The third kappa shape index (κ3) is 2.67. The molecule has 1 rings (SSSR count). The summed E-state index contributed by atoms with van der Waals surface area (Å²) in [4.78, 5) is 12.0. The first-order chi connectivity index (χ1) is 7.80. The van der Waals surface area contributed by atoms with Crippen LogP contribution in [0.4, 0.5) is 0 Å². The van der Waals surface area contributed by atoms with E-state index < -0.39 is 5.41 Å². The van der Waals surface area contributed by atoms with E-state index in [0.29, 0.717) is 0 Å². The molecule has 0 aliphatic heterocycles. The Bertz CT molecular complexity index is 436. The standard InChI is InChI=1S/C14H22N2O/c1-9-7-11(3)12(8-10(9)2)14(4,5)13(17)16-15-6/h7-8,15H,1-6H3,(H,16,17). The fourth-order valence-corrected chi connectivity index (χ4v) is 2.03. The highest BCUT2D eigenvalue weighted by Crippen LogP contribution is 2.28. The van der Waals surface area contributed by atoms with Crippen molar-refractivity contribution in [3.05, 3.63) is 34.4 Å². The van der Waals surface area contributed by atoms with Crippen molar-refractivity contribution < 1.29 is 4.79 Å². The lowest BCUT2D eigenvalue weighted by molar-refractivity contribution is -0.126. The first-order valence-corrected chi connectivity index (χ1v) is 5.86. The van der Waals surface area contributed by atoms with Crippen molar-refractivity contribution >= 4 is 5.91 Å². The first-order valence-electron chi connectivity index (χ1n) is 5.86. The molecule has 0 saturated carbocycles. The topological polar surface area (TPSA) is 41.1 Å². The normalized spacial score (nSPS) is 11.4. The van der Waals surface area contributed by atoms with E-state index >= 15 is 0 Å². The predicted octanol–water partition coefficient (Wildman–Crippen LogP) is 2.14. The lowest BCUT2D eigenvalue weighted by atomic mass is 9.80. The molecule has 0 aliphatic carbocycles. The number of rotatable bonds is 3. The van der Waals surface area contributed by atoms with Gasteiger partial charge in [-0.2, -0.15) is 0 Å². The van der Waals surface area contributed by atoms with Crippen LogP contribution in [0.5, 0.6) is 0 Å². The van der Waals surface area contributed by atoms with Gasteiger partial charge in [0.15, 0.2) is 0 Å². The molecule has 0 heterocycles. The Kier molecular flexibility index (Phi) is 3.94. The molecule has 17 heavy (non-hydrogen) atoms. The van der Waals surface area contributed by atoms with Crippen molar-refractivity contribution in [2.24, 2.45) is 0 Å². The van der Waals surface area contributed by atoms with Crippen LogP contribution in [0.15, 0.2) is 12.1 Å². The average molecular weight is 234 g/mol. The number of nitrogens with one attached hydrogen (secondary N) is 2. The van der Waals surface area contributed by atoms with Gasteiger partial charge in [-0.1, -0.05) is 12.1 Å². The zero-order valence-electron chi connectivity index (χ0n) is 11.6. The van der Waals surface area contributed by atoms with Gasteiger partial charge in [-0.3, -0.25) is 10.2 Å². The highest BCUT2D eigenvalue weighted by Gasteiger charge is 2.31. The lowest BCUT2D eigenvalue weighted by Gasteiger charge is -2.26. The van der Waals surface area contributed by atoms with Crippen LogP contribution in [0.1, 0.15) is 36.1 Å². The molecule has 0 unspecified atom stereocenters. The fraction of sp³-hybridized carbons (Fsp3) is 0.500. The maximum Gasteiger partial charge on any atom is 0.244 e. The minimum atomic E-state index is -0.536. The average Bonchev–Trinajstić information content (AvgIpc) is 2.23. The van der Waals surface area contributed by atoms with Crippen LogP contribution in [-0.2, 0) is 10.2 Å². The third-order valence-electron chi connectivity index (χ3n) is 3.32. The Morgan fingerprint density at radius 2 is 1.59 bits per heavy atom. The van der Waals surface area contributed by atoms with Crippen molar-refractivity contribution in [2.75, 3.05) is 7.05 Å². The maximum absolute atomic E-state index is 12.0. The molecule has 94 valence electrons. The molecule has 1 aromatic carbocycles. The zero-order valence-corrected chi connectivity index (χ0v) is 11.6. The second-order valence-electron chi connectivity index (χ2n) is 5.08. The van der Waals surface area contributed by atoms with E-state index in [1.165, 1.54) is 11.1 Å². The number of hydrazine groups is 1. The minimum absolute atomic E-state index is 0.0219. The van der Waals surface area contributed by atoms with Crippen LogP contribution in [0.2, 0.25) is 0 Å². The monoisotopic (exact) mass is 234 g/mol. The summed E-state index contributed by atoms with van der Waals surface area (Å²) in [6, 6.07) is 4.25. The van der Waals surface area contributed by atoms with Crippen LogP contribution in [-0.4, -0.2) is 13.0 Å². The van der Waals surface area contributed by atoms with Gasteiger partial charge in [-0.15, -0.1) is 0 Å². The quantitative estimate of drug-likeness (QED) is 0.787. The second-order valence-corrected chi connectivity index (χ2v) is 5.08. The Morgan fingerprint density at radius 1 is 1.06 bits per heavy atom. The summed E-state index contributed by atoms with van der Waals surface area (Å²) in [7, 11) is 1.70. The lowest BCUT2D eigenvalue weighted by Crippen LogP contribution is -2.45. The van der Waals surface area contributed by atoms with E-state index in [1.54, 1.807) is 7.05 Å². The molecule has 0 radical (unpaired) electrons. The molecule has 1 amide bonds. The first kappa shape index (κ1) is 13.7. The van der Waals surface area contributed by atoms with E-state index in [-0.39, 0.29) is 5.91 Å². The summed E-state index contributed by atoms with van der Waals surface area (Å²) in [6.07, 6.45) is 0. The summed E-state index contributed by atoms with van der Waals surface area (Å²) in [5, 5.41) is 0. The number of hydrogen-bond donors (Lipinski definition) is 2. The van der Waals surface area contributed by atoms with E-state index in [1.807, 2.05) is 13.8 Å². The summed E-state index contributed by atoms with van der Waals surface area (Å²) in [5.74, 6) is -0.0219. The molecule has 0 bridgehead atoms. The highest BCUT2D eigenvalue weighted by atomic mass is 16.2. The Labute approximate surface area is 104 Å². The van der Waals surface area contributed by atoms with Crippen LogP contribution in [0, 0.1) is 20.8 Å². The summed E-state index contributed by atoms with van der Waals surface area (Å²) in [5.41, 5.74) is 9.52. The van der Waals surface area contributed by atoms with Gasteiger partial charge in [0.05, 0.1) is 5.41 Å². The largest absolute Gasteiger partial charge is 0.291 e.